The van der Waals surface area contributed by atoms with Crippen LogP contribution in [-0.4, -0.2) is 6.61 Å². The van der Waals surface area contributed by atoms with E-state index in [9.17, 15) is 8.78 Å². The molecule has 1 aliphatic carbocycles. The molecule has 0 aliphatic heterocycles. The zero-order valence-corrected chi connectivity index (χ0v) is 8.17. The third-order valence-electron chi connectivity index (χ3n) is 2.42. The number of nitrogens with two attached hydrogens (primary N) is 1. The maximum atomic E-state index is 13.5. The molecule has 1 aliphatic rings. The Morgan fingerprint density at radius 1 is 1.47 bits per heavy atom. The monoisotopic (exact) mass is 215 g/mol. The summed E-state index contributed by atoms with van der Waals surface area (Å²) in [5.41, 5.74) is 0.547. The van der Waals surface area contributed by atoms with Crippen molar-refractivity contribution in [3.8, 4) is 5.75 Å². The summed E-state index contributed by atoms with van der Waals surface area (Å²) < 4.78 is 45.8. The summed E-state index contributed by atoms with van der Waals surface area (Å²) in [4.78, 5) is 0. The van der Waals surface area contributed by atoms with Gasteiger partial charge in [0.05, 0.1) is 6.61 Å². The summed E-state index contributed by atoms with van der Waals surface area (Å²) in [6, 6.07) is 1.85. The van der Waals surface area contributed by atoms with E-state index >= 15 is 0 Å². The van der Waals surface area contributed by atoms with E-state index in [1.165, 1.54) is 0 Å². The van der Waals surface area contributed by atoms with Crippen molar-refractivity contribution in [2.75, 3.05) is 6.61 Å². The average molecular weight is 215 g/mol. The topological polar surface area (TPSA) is 35.2 Å². The molecule has 0 heterocycles. The standard InChI is InChI=1S/C11H13F2NO/c12-9-3-8(5-14)11(10(13)4-9)15-6-7-1-2-7/h3-4,7H,1-2,5-6,14H2/i/hD2. The van der Waals surface area contributed by atoms with Crippen molar-refractivity contribution in [1.29, 1.82) is 0 Å². The van der Waals surface area contributed by atoms with Crippen LogP contribution in [0, 0.1) is 17.6 Å². The lowest BCUT2D eigenvalue weighted by atomic mass is 10.2. The minimum atomic E-state index is -0.775. The average Bonchev–Trinajstić information content (AvgIpc) is 2.98. The lowest BCUT2D eigenvalue weighted by Crippen LogP contribution is -2.07. The van der Waals surface area contributed by atoms with Crippen LogP contribution in [-0.2, 0) is 6.54 Å². The first-order valence-corrected chi connectivity index (χ1v) is 4.92. The molecule has 1 aromatic carbocycles. The van der Waals surface area contributed by atoms with Crippen molar-refractivity contribution in [3.05, 3.63) is 29.3 Å². The number of hydrogen-bond donors (Lipinski definition) is 1. The highest BCUT2D eigenvalue weighted by molar-refractivity contribution is 5.35. The second-order valence-electron chi connectivity index (χ2n) is 3.79. The SMILES string of the molecule is [2H]N([2H])Cc1cc(F)cc(F)c1OCC1CC1. The van der Waals surface area contributed by atoms with E-state index in [2.05, 4.69) is 0 Å². The summed E-state index contributed by atoms with van der Waals surface area (Å²) in [5, 5.41) is 0. The molecule has 2 rings (SSSR count). The van der Waals surface area contributed by atoms with Crippen LogP contribution in [0.25, 0.3) is 0 Å². The minimum absolute atomic E-state index is 0.0391. The van der Waals surface area contributed by atoms with Gasteiger partial charge in [0.1, 0.15) is 8.64 Å². The summed E-state index contributed by atoms with van der Waals surface area (Å²) in [7, 11) is 0. The van der Waals surface area contributed by atoms with Gasteiger partial charge in [0.2, 0.25) is 0 Å². The number of ether oxygens (including phenoxy) is 1. The van der Waals surface area contributed by atoms with Crippen molar-refractivity contribution in [2.24, 2.45) is 11.6 Å². The fraction of sp³-hybridized carbons (Fsp3) is 0.455. The van der Waals surface area contributed by atoms with Gasteiger partial charge in [-0.3, -0.25) is 0 Å². The number of hydrogen-bond acceptors (Lipinski definition) is 2. The molecule has 0 saturated heterocycles. The summed E-state index contributed by atoms with van der Waals surface area (Å²) in [6.07, 6.45) is 2.14. The Bertz CT molecular complexity index is 411. The second-order valence-corrected chi connectivity index (χ2v) is 3.79. The first-order chi connectivity index (χ1) is 8.06. The zero-order chi connectivity index (χ0) is 12.4. The van der Waals surface area contributed by atoms with E-state index in [0.717, 1.165) is 25.0 Å². The molecule has 2 N–H and O–H groups in total. The van der Waals surface area contributed by atoms with Gasteiger partial charge >= 0.3 is 0 Å². The summed E-state index contributed by atoms with van der Waals surface area (Å²) in [6.45, 7) is 0.209. The Morgan fingerprint density at radius 3 is 2.93 bits per heavy atom. The molecule has 82 valence electrons. The van der Waals surface area contributed by atoms with Crippen molar-refractivity contribution in [2.45, 2.75) is 19.4 Å². The molecule has 15 heavy (non-hydrogen) atoms. The molecule has 1 aromatic rings. The lowest BCUT2D eigenvalue weighted by Gasteiger charge is -2.11. The fourth-order valence-corrected chi connectivity index (χ4v) is 1.38. The molecule has 4 heteroatoms. The van der Waals surface area contributed by atoms with Crippen LogP contribution in [0.5, 0.6) is 5.75 Å². The Hall–Kier alpha value is -1.16. The van der Waals surface area contributed by atoms with Crippen LogP contribution >= 0.6 is 0 Å². The third-order valence-corrected chi connectivity index (χ3v) is 2.42. The quantitative estimate of drug-likeness (QED) is 0.817. The molecule has 1 fully saturated rings. The second kappa shape index (κ2) is 4.14. The molecule has 0 spiro atoms. The Labute approximate surface area is 90.0 Å². The number of benzene rings is 1. The van der Waals surface area contributed by atoms with E-state index in [0.29, 0.717) is 18.2 Å². The van der Waals surface area contributed by atoms with Gasteiger partial charge in [0.15, 0.2) is 11.6 Å². The highest BCUT2D eigenvalue weighted by Gasteiger charge is 2.23. The molecule has 0 bridgehead atoms. The molecule has 0 unspecified atom stereocenters. The van der Waals surface area contributed by atoms with Crippen LogP contribution in [0.4, 0.5) is 8.78 Å². The van der Waals surface area contributed by atoms with Crippen molar-refractivity contribution in [1.82, 2.24) is 0 Å². The molecule has 0 atom stereocenters. The summed E-state index contributed by atoms with van der Waals surface area (Å²) in [5.74, 6) is -1.08. The smallest absolute Gasteiger partial charge is 0.168 e. The van der Waals surface area contributed by atoms with Crippen LogP contribution in [0.2, 0.25) is 2.82 Å². The van der Waals surface area contributed by atoms with Gasteiger partial charge in [-0.1, -0.05) is 0 Å². The lowest BCUT2D eigenvalue weighted by molar-refractivity contribution is 0.281. The van der Waals surface area contributed by atoms with E-state index in [1.807, 2.05) is 0 Å². The molecular weight excluding hydrogens is 200 g/mol. The third kappa shape index (κ3) is 2.45. The van der Waals surface area contributed by atoms with Gasteiger partial charge in [-0.05, 0) is 24.8 Å². The number of rotatable bonds is 5. The largest absolute Gasteiger partial charge is 0.490 e. The first-order valence-electron chi connectivity index (χ1n) is 5.81. The molecule has 1 saturated carbocycles. The van der Waals surface area contributed by atoms with Gasteiger partial charge in [0, 0.05) is 18.2 Å². The van der Waals surface area contributed by atoms with Crippen LogP contribution in [0.3, 0.4) is 0 Å². The highest BCUT2D eigenvalue weighted by atomic mass is 19.1. The highest BCUT2D eigenvalue weighted by Crippen LogP contribution is 2.31. The van der Waals surface area contributed by atoms with E-state index in [-0.39, 0.29) is 17.9 Å². The van der Waals surface area contributed by atoms with Gasteiger partial charge < -0.3 is 10.5 Å². The predicted octanol–water partition coefficient (Wildman–Crippen LogP) is 2.21. The van der Waals surface area contributed by atoms with Crippen molar-refractivity contribution >= 4 is 0 Å². The van der Waals surface area contributed by atoms with Gasteiger partial charge in [-0.25, -0.2) is 8.78 Å². The normalized spacial score (nSPS) is 17.5. The Balaban J connectivity index is 2.18. The molecule has 0 radical (unpaired) electrons. The fourth-order valence-electron chi connectivity index (χ4n) is 1.38. The van der Waals surface area contributed by atoms with Gasteiger partial charge in [-0.15, -0.1) is 0 Å². The Kier molecular flexibility index (Phi) is 2.22. The van der Waals surface area contributed by atoms with Gasteiger partial charge in [0.25, 0.3) is 0 Å². The van der Waals surface area contributed by atoms with Gasteiger partial charge in [-0.2, -0.15) is 0 Å². The minimum Gasteiger partial charge on any atom is -0.490 e. The maximum Gasteiger partial charge on any atom is 0.168 e. The Morgan fingerprint density at radius 2 is 2.27 bits per heavy atom. The van der Waals surface area contributed by atoms with E-state index in [1.54, 1.807) is 0 Å². The van der Waals surface area contributed by atoms with E-state index in [4.69, 9.17) is 7.56 Å². The van der Waals surface area contributed by atoms with Crippen LogP contribution in [0.15, 0.2) is 12.1 Å². The number of halogens is 2. The summed E-state index contributed by atoms with van der Waals surface area (Å²) >= 11 is 0. The molecule has 2 nitrogen and oxygen atoms in total. The van der Waals surface area contributed by atoms with Crippen molar-refractivity contribution in [3.63, 3.8) is 0 Å². The molecule has 0 aromatic heterocycles. The van der Waals surface area contributed by atoms with Crippen LogP contribution in [0.1, 0.15) is 18.4 Å². The molecule has 0 amide bonds. The first kappa shape index (κ1) is 8.05. The van der Waals surface area contributed by atoms with Crippen molar-refractivity contribution < 1.29 is 16.3 Å². The van der Waals surface area contributed by atoms with Crippen LogP contribution < -0.4 is 10.5 Å². The predicted molar refractivity (Wildman–Crippen MR) is 52.5 cm³/mol. The van der Waals surface area contributed by atoms with E-state index < -0.39 is 11.6 Å². The maximum absolute atomic E-state index is 13.5. The zero-order valence-electron chi connectivity index (χ0n) is 10.2. The molecular formula is C11H13F2NO.